The van der Waals surface area contributed by atoms with Crippen molar-refractivity contribution in [3.8, 4) is 11.1 Å². The monoisotopic (exact) mass is 494 g/mol. The number of amides is 2. The first-order chi connectivity index (χ1) is 16.3. The SMILES string of the molecule is Cc1ccc(-c2csc3ncn(CCC(=O)N(C)CC(=O)Nc4cccc(Cl)c4)c(=O)c23)cc1. The Morgan fingerprint density at radius 1 is 1.18 bits per heavy atom. The third-order valence-corrected chi connectivity index (χ3v) is 6.53. The molecule has 0 spiro atoms. The fraction of sp³-hybridized carbons (Fsp3) is 0.200. The Morgan fingerprint density at radius 2 is 1.94 bits per heavy atom. The van der Waals surface area contributed by atoms with E-state index < -0.39 is 0 Å². The molecule has 1 N–H and O–H groups in total. The summed E-state index contributed by atoms with van der Waals surface area (Å²) in [6.07, 6.45) is 1.54. The number of nitrogens with zero attached hydrogens (tertiary/aromatic N) is 3. The minimum Gasteiger partial charge on any atom is -0.336 e. The first-order valence-electron chi connectivity index (χ1n) is 10.6. The van der Waals surface area contributed by atoms with Crippen molar-refractivity contribution in [2.75, 3.05) is 18.9 Å². The van der Waals surface area contributed by atoms with Gasteiger partial charge in [0.05, 0.1) is 18.3 Å². The number of benzene rings is 2. The van der Waals surface area contributed by atoms with Crippen LogP contribution in [0.3, 0.4) is 0 Å². The Bertz CT molecular complexity index is 1410. The molecule has 2 heterocycles. The summed E-state index contributed by atoms with van der Waals surface area (Å²) in [5.74, 6) is -0.586. The van der Waals surface area contributed by atoms with Gasteiger partial charge in [-0.1, -0.05) is 47.5 Å². The number of thiophene rings is 1. The van der Waals surface area contributed by atoms with Crippen LogP contribution in [0.2, 0.25) is 5.02 Å². The van der Waals surface area contributed by atoms with E-state index in [0.29, 0.717) is 20.9 Å². The van der Waals surface area contributed by atoms with Crippen LogP contribution < -0.4 is 10.9 Å². The van der Waals surface area contributed by atoms with Gasteiger partial charge in [-0.3, -0.25) is 19.0 Å². The molecule has 174 valence electrons. The number of aryl methyl sites for hydroxylation is 2. The lowest BCUT2D eigenvalue weighted by atomic mass is 10.1. The summed E-state index contributed by atoms with van der Waals surface area (Å²) < 4.78 is 1.45. The molecular formula is C25H23ClN4O3S. The average molecular weight is 495 g/mol. The zero-order chi connectivity index (χ0) is 24.2. The first-order valence-corrected chi connectivity index (χ1v) is 11.9. The molecule has 4 aromatic rings. The van der Waals surface area contributed by atoms with E-state index in [0.717, 1.165) is 16.7 Å². The van der Waals surface area contributed by atoms with E-state index in [1.165, 1.54) is 27.1 Å². The standard InChI is InChI=1S/C25H23ClN4O3S/c1-16-6-8-17(9-7-16)20-14-34-24-23(20)25(33)30(15-27-24)11-10-22(32)29(2)13-21(31)28-19-5-3-4-18(26)12-19/h3-9,12,14-15H,10-11,13H2,1-2H3,(H,28,31). The number of hydrogen-bond acceptors (Lipinski definition) is 5. The number of hydrogen-bond donors (Lipinski definition) is 1. The van der Waals surface area contributed by atoms with Gasteiger partial charge in [-0.15, -0.1) is 11.3 Å². The largest absolute Gasteiger partial charge is 0.336 e. The molecule has 0 aliphatic rings. The lowest BCUT2D eigenvalue weighted by Gasteiger charge is -2.17. The second-order valence-electron chi connectivity index (χ2n) is 8.00. The number of likely N-dealkylation sites (N-methyl/N-ethyl adjacent to an activating group) is 1. The zero-order valence-electron chi connectivity index (χ0n) is 18.7. The number of carbonyl (C=O) groups is 2. The molecule has 0 fully saturated rings. The molecule has 0 bridgehead atoms. The van der Waals surface area contributed by atoms with Crippen LogP contribution in [0.1, 0.15) is 12.0 Å². The summed E-state index contributed by atoms with van der Waals surface area (Å²) in [5, 5.41) is 5.71. The summed E-state index contributed by atoms with van der Waals surface area (Å²) in [4.78, 5) is 44.4. The number of fused-ring (bicyclic) bond motifs is 1. The molecule has 2 aromatic heterocycles. The number of rotatable bonds is 7. The maximum Gasteiger partial charge on any atom is 0.262 e. The summed E-state index contributed by atoms with van der Waals surface area (Å²) >= 11 is 7.35. The van der Waals surface area contributed by atoms with Crippen LogP contribution in [0.4, 0.5) is 5.69 Å². The molecule has 2 aromatic carbocycles. The molecule has 9 heteroatoms. The van der Waals surface area contributed by atoms with E-state index in [9.17, 15) is 14.4 Å². The maximum atomic E-state index is 13.2. The minimum atomic E-state index is -0.334. The highest BCUT2D eigenvalue weighted by Gasteiger charge is 2.16. The molecule has 4 rings (SSSR count). The summed E-state index contributed by atoms with van der Waals surface area (Å²) in [6.45, 7) is 2.07. The molecule has 34 heavy (non-hydrogen) atoms. The molecule has 0 atom stereocenters. The van der Waals surface area contributed by atoms with Gasteiger partial charge in [0.15, 0.2) is 0 Å². The van der Waals surface area contributed by atoms with Crippen molar-refractivity contribution in [2.24, 2.45) is 0 Å². The third kappa shape index (κ3) is 5.35. The van der Waals surface area contributed by atoms with Crippen molar-refractivity contribution in [3.05, 3.63) is 81.2 Å². The Labute approximate surface area is 205 Å². The average Bonchev–Trinajstić information content (AvgIpc) is 3.24. The van der Waals surface area contributed by atoms with E-state index in [4.69, 9.17) is 11.6 Å². The van der Waals surface area contributed by atoms with Crippen LogP contribution in [0.15, 0.2) is 65.0 Å². The van der Waals surface area contributed by atoms with Crippen LogP contribution in [-0.4, -0.2) is 39.9 Å². The van der Waals surface area contributed by atoms with E-state index in [2.05, 4.69) is 10.3 Å². The van der Waals surface area contributed by atoms with Gasteiger partial charge >= 0.3 is 0 Å². The van der Waals surface area contributed by atoms with Crippen molar-refractivity contribution in [1.82, 2.24) is 14.5 Å². The van der Waals surface area contributed by atoms with Crippen LogP contribution >= 0.6 is 22.9 Å². The Kier molecular flexibility index (Phi) is 7.09. The number of anilines is 1. The van der Waals surface area contributed by atoms with Crippen LogP contribution in [0.25, 0.3) is 21.3 Å². The number of halogens is 1. The van der Waals surface area contributed by atoms with E-state index in [1.54, 1.807) is 31.3 Å². The van der Waals surface area contributed by atoms with Gasteiger partial charge in [-0.25, -0.2) is 4.98 Å². The Balaban J connectivity index is 1.42. The molecule has 0 radical (unpaired) electrons. The van der Waals surface area contributed by atoms with E-state index in [-0.39, 0.29) is 36.9 Å². The quantitative estimate of drug-likeness (QED) is 0.407. The van der Waals surface area contributed by atoms with Gasteiger partial charge in [0.1, 0.15) is 4.83 Å². The fourth-order valence-electron chi connectivity index (χ4n) is 3.55. The molecule has 0 aliphatic carbocycles. The number of aromatic nitrogens is 2. The normalized spacial score (nSPS) is 10.9. The highest BCUT2D eigenvalue weighted by molar-refractivity contribution is 7.17. The Hall–Kier alpha value is -3.49. The van der Waals surface area contributed by atoms with Gasteiger partial charge in [0.2, 0.25) is 11.8 Å². The summed E-state index contributed by atoms with van der Waals surface area (Å²) in [7, 11) is 1.55. The lowest BCUT2D eigenvalue weighted by molar-refractivity contribution is -0.133. The smallest absolute Gasteiger partial charge is 0.262 e. The first kappa shape index (κ1) is 23.7. The topological polar surface area (TPSA) is 84.3 Å². The van der Waals surface area contributed by atoms with E-state index in [1.807, 2.05) is 36.6 Å². The molecule has 0 saturated heterocycles. The van der Waals surface area contributed by atoms with Gasteiger partial charge in [0.25, 0.3) is 5.56 Å². The van der Waals surface area contributed by atoms with Gasteiger partial charge in [-0.2, -0.15) is 0 Å². The summed E-state index contributed by atoms with van der Waals surface area (Å²) in [5.41, 5.74) is 3.31. The Morgan fingerprint density at radius 3 is 2.68 bits per heavy atom. The van der Waals surface area contributed by atoms with Crippen LogP contribution in [0.5, 0.6) is 0 Å². The van der Waals surface area contributed by atoms with Crippen molar-refractivity contribution < 1.29 is 9.59 Å². The van der Waals surface area contributed by atoms with Crippen LogP contribution in [-0.2, 0) is 16.1 Å². The maximum absolute atomic E-state index is 13.2. The van der Waals surface area contributed by atoms with E-state index >= 15 is 0 Å². The number of carbonyl (C=O) groups excluding carboxylic acids is 2. The predicted molar refractivity (Wildman–Crippen MR) is 136 cm³/mol. The lowest BCUT2D eigenvalue weighted by Crippen LogP contribution is -2.35. The van der Waals surface area contributed by atoms with Crippen LogP contribution in [0, 0.1) is 6.92 Å². The minimum absolute atomic E-state index is 0.0675. The fourth-order valence-corrected chi connectivity index (χ4v) is 4.65. The van der Waals surface area contributed by atoms with Crippen molar-refractivity contribution >= 4 is 50.7 Å². The van der Waals surface area contributed by atoms with Gasteiger partial charge in [0, 0.05) is 41.7 Å². The molecule has 0 saturated carbocycles. The van der Waals surface area contributed by atoms with Crippen molar-refractivity contribution in [3.63, 3.8) is 0 Å². The zero-order valence-corrected chi connectivity index (χ0v) is 20.3. The third-order valence-electron chi connectivity index (χ3n) is 5.40. The molecule has 2 amide bonds. The summed E-state index contributed by atoms with van der Waals surface area (Å²) in [6, 6.07) is 14.8. The highest BCUT2D eigenvalue weighted by Crippen LogP contribution is 2.30. The molecule has 7 nitrogen and oxygen atoms in total. The van der Waals surface area contributed by atoms with Crippen molar-refractivity contribution in [2.45, 2.75) is 19.9 Å². The number of nitrogens with one attached hydrogen (secondary N) is 1. The molecule has 0 unspecified atom stereocenters. The highest BCUT2D eigenvalue weighted by atomic mass is 35.5. The molecule has 0 aliphatic heterocycles. The predicted octanol–water partition coefficient (Wildman–Crippen LogP) is 4.57. The van der Waals surface area contributed by atoms with Crippen molar-refractivity contribution in [1.29, 1.82) is 0 Å². The van der Waals surface area contributed by atoms with Gasteiger partial charge in [-0.05, 0) is 30.7 Å². The second-order valence-corrected chi connectivity index (χ2v) is 9.29. The second kappa shape index (κ2) is 10.2. The molecular weight excluding hydrogens is 472 g/mol. The van der Waals surface area contributed by atoms with Gasteiger partial charge < -0.3 is 10.2 Å².